The lowest BCUT2D eigenvalue weighted by Gasteiger charge is -2.35. The number of rotatable bonds is 9. The fourth-order valence-corrected chi connectivity index (χ4v) is 4.42. The first-order valence-corrected chi connectivity index (χ1v) is 11.1. The number of unbranched alkanes of at least 4 members (excludes halogenated alkanes) is 1. The molecule has 1 aliphatic rings. The molecule has 1 saturated heterocycles. The van der Waals surface area contributed by atoms with Gasteiger partial charge >= 0.3 is 0 Å². The minimum absolute atomic E-state index is 0. The summed E-state index contributed by atoms with van der Waals surface area (Å²) in [5.41, 5.74) is 0.432. The Bertz CT molecular complexity index is 675. The lowest BCUT2D eigenvalue weighted by molar-refractivity contribution is 0.258. The number of aromatic nitrogens is 1. The summed E-state index contributed by atoms with van der Waals surface area (Å²) in [6, 6.07) is 1.58. The van der Waals surface area contributed by atoms with E-state index < -0.39 is 10.0 Å². The lowest BCUT2D eigenvalue weighted by atomic mass is 10.3. The van der Waals surface area contributed by atoms with Gasteiger partial charge in [-0.05, 0) is 20.0 Å². The SMILES string of the molecule is CCCCN(C)CCNC(=NC)N1CCN(S(=O)(=O)Cc2ccon2)CC1.I. The van der Waals surface area contributed by atoms with Crippen molar-refractivity contribution >= 4 is 40.0 Å². The third-order valence-corrected chi connectivity index (χ3v) is 6.45. The number of aliphatic imine (C=N–C) groups is 1. The highest BCUT2D eigenvalue weighted by atomic mass is 127. The number of halogens is 1. The number of sulfonamides is 1. The molecule has 162 valence electrons. The summed E-state index contributed by atoms with van der Waals surface area (Å²) < 4.78 is 31.2. The number of hydrogen-bond donors (Lipinski definition) is 1. The predicted molar refractivity (Wildman–Crippen MR) is 121 cm³/mol. The molecule has 0 aromatic carbocycles. The van der Waals surface area contributed by atoms with Crippen molar-refractivity contribution < 1.29 is 12.9 Å². The fourth-order valence-electron chi connectivity index (χ4n) is 3.00. The van der Waals surface area contributed by atoms with Crippen LogP contribution in [0.15, 0.2) is 21.8 Å². The Labute approximate surface area is 185 Å². The molecule has 1 N–H and O–H groups in total. The molecule has 0 unspecified atom stereocenters. The summed E-state index contributed by atoms with van der Waals surface area (Å²) >= 11 is 0. The van der Waals surface area contributed by atoms with Gasteiger partial charge in [0, 0.05) is 52.4 Å². The third kappa shape index (κ3) is 7.84. The molecule has 0 atom stereocenters. The topological polar surface area (TPSA) is 94.3 Å². The van der Waals surface area contributed by atoms with Gasteiger partial charge in [-0.2, -0.15) is 4.31 Å². The Morgan fingerprint density at radius 1 is 1.32 bits per heavy atom. The molecular formula is C17H33IN6O3S. The van der Waals surface area contributed by atoms with E-state index in [2.05, 4.69) is 39.2 Å². The molecular weight excluding hydrogens is 495 g/mol. The second-order valence-corrected chi connectivity index (χ2v) is 8.73. The minimum atomic E-state index is -3.38. The summed E-state index contributed by atoms with van der Waals surface area (Å²) in [5.74, 6) is 0.702. The van der Waals surface area contributed by atoms with E-state index >= 15 is 0 Å². The molecule has 1 aromatic heterocycles. The smallest absolute Gasteiger partial charge is 0.220 e. The standard InChI is InChI=1S/C17H32N6O3S.HI/c1-4-5-8-21(3)9-7-19-17(18-2)22-10-12-23(13-11-22)27(24,25)15-16-6-14-26-20-16;/h6,14H,4-5,7-13,15H2,1-3H3,(H,18,19);1H. The van der Waals surface area contributed by atoms with Crippen LogP contribution in [0.5, 0.6) is 0 Å². The normalized spacial score (nSPS) is 16.3. The van der Waals surface area contributed by atoms with Crippen molar-refractivity contribution in [2.45, 2.75) is 25.5 Å². The molecule has 28 heavy (non-hydrogen) atoms. The molecule has 2 rings (SSSR count). The number of hydrogen-bond acceptors (Lipinski definition) is 6. The zero-order chi connectivity index (χ0) is 19.7. The van der Waals surface area contributed by atoms with E-state index in [1.54, 1.807) is 13.1 Å². The van der Waals surface area contributed by atoms with Crippen LogP contribution < -0.4 is 5.32 Å². The van der Waals surface area contributed by atoms with Gasteiger partial charge in [0.25, 0.3) is 0 Å². The van der Waals surface area contributed by atoms with E-state index in [0.717, 1.165) is 25.6 Å². The van der Waals surface area contributed by atoms with Crippen LogP contribution in [0.2, 0.25) is 0 Å². The second-order valence-electron chi connectivity index (χ2n) is 6.76. The van der Waals surface area contributed by atoms with Crippen LogP contribution in [0.4, 0.5) is 0 Å². The van der Waals surface area contributed by atoms with Gasteiger partial charge in [0.15, 0.2) is 5.96 Å². The maximum absolute atomic E-state index is 12.5. The lowest BCUT2D eigenvalue weighted by Crippen LogP contribution is -2.54. The zero-order valence-corrected chi connectivity index (χ0v) is 20.1. The Hall–Kier alpha value is -0.920. The van der Waals surface area contributed by atoms with Gasteiger partial charge in [0.2, 0.25) is 10.0 Å². The summed E-state index contributed by atoms with van der Waals surface area (Å²) in [6.45, 7) is 7.17. The molecule has 1 fully saturated rings. The van der Waals surface area contributed by atoms with Gasteiger partial charge < -0.3 is 19.6 Å². The fraction of sp³-hybridized carbons (Fsp3) is 0.765. The van der Waals surface area contributed by atoms with E-state index in [1.807, 2.05) is 0 Å². The van der Waals surface area contributed by atoms with Crippen LogP contribution in [0.25, 0.3) is 0 Å². The van der Waals surface area contributed by atoms with Gasteiger partial charge in [-0.1, -0.05) is 18.5 Å². The van der Waals surface area contributed by atoms with E-state index in [0.29, 0.717) is 31.9 Å². The van der Waals surface area contributed by atoms with E-state index in [9.17, 15) is 8.42 Å². The average molecular weight is 528 g/mol. The van der Waals surface area contributed by atoms with Crippen LogP contribution in [-0.4, -0.2) is 93.5 Å². The molecule has 1 aromatic rings. The van der Waals surface area contributed by atoms with Crippen molar-refractivity contribution in [2.24, 2.45) is 4.99 Å². The number of piperazine rings is 1. The van der Waals surface area contributed by atoms with Gasteiger partial charge in [-0.3, -0.25) is 4.99 Å². The maximum atomic E-state index is 12.5. The van der Waals surface area contributed by atoms with Gasteiger partial charge in [-0.15, -0.1) is 24.0 Å². The Morgan fingerprint density at radius 2 is 2.04 bits per heavy atom. The van der Waals surface area contributed by atoms with Crippen molar-refractivity contribution in [1.29, 1.82) is 0 Å². The molecule has 0 aliphatic carbocycles. The second kappa shape index (κ2) is 12.6. The number of nitrogens with one attached hydrogen (secondary N) is 1. The molecule has 9 nitrogen and oxygen atoms in total. The zero-order valence-electron chi connectivity index (χ0n) is 17.0. The number of nitrogens with zero attached hydrogens (tertiary/aromatic N) is 5. The molecule has 2 heterocycles. The van der Waals surface area contributed by atoms with Gasteiger partial charge in [0.1, 0.15) is 12.0 Å². The summed E-state index contributed by atoms with van der Waals surface area (Å²) in [5, 5.41) is 7.08. The van der Waals surface area contributed by atoms with E-state index in [1.165, 1.54) is 23.4 Å². The van der Waals surface area contributed by atoms with Crippen LogP contribution in [-0.2, 0) is 15.8 Å². The molecule has 11 heteroatoms. The molecule has 0 saturated carbocycles. The Kier molecular flexibility index (Phi) is 11.3. The quantitative estimate of drug-likeness (QED) is 0.291. The Balaban J connectivity index is 0.00000392. The van der Waals surface area contributed by atoms with Crippen molar-refractivity contribution in [1.82, 2.24) is 24.6 Å². The van der Waals surface area contributed by atoms with Crippen molar-refractivity contribution in [3.05, 3.63) is 18.0 Å². The largest absolute Gasteiger partial charge is 0.364 e. The van der Waals surface area contributed by atoms with Crippen LogP contribution in [0.1, 0.15) is 25.5 Å². The third-order valence-electron chi connectivity index (χ3n) is 4.63. The van der Waals surface area contributed by atoms with Crippen LogP contribution in [0.3, 0.4) is 0 Å². The predicted octanol–water partition coefficient (Wildman–Crippen LogP) is 1.05. The summed E-state index contributed by atoms with van der Waals surface area (Å²) in [6.07, 6.45) is 3.79. The first kappa shape index (κ1) is 25.1. The van der Waals surface area contributed by atoms with E-state index in [-0.39, 0.29) is 29.7 Å². The maximum Gasteiger partial charge on any atom is 0.220 e. The average Bonchev–Trinajstić information content (AvgIpc) is 3.16. The molecule has 0 amide bonds. The molecule has 0 bridgehead atoms. The highest BCUT2D eigenvalue weighted by molar-refractivity contribution is 14.0. The summed E-state index contributed by atoms with van der Waals surface area (Å²) in [4.78, 5) is 8.75. The first-order chi connectivity index (χ1) is 13.0. The van der Waals surface area contributed by atoms with Gasteiger partial charge in [-0.25, -0.2) is 8.42 Å². The molecule has 1 aliphatic heterocycles. The first-order valence-electron chi connectivity index (χ1n) is 9.47. The minimum Gasteiger partial charge on any atom is -0.364 e. The van der Waals surface area contributed by atoms with Gasteiger partial charge in [0.05, 0.1) is 5.69 Å². The number of likely N-dealkylation sites (N-methyl/N-ethyl adjacent to an activating group) is 1. The highest BCUT2D eigenvalue weighted by Gasteiger charge is 2.28. The monoisotopic (exact) mass is 528 g/mol. The van der Waals surface area contributed by atoms with Crippen molar-refractivity contribution in [2.75, 3.05) is 59.9 Å². The van der Waals surface area contributed by atoms with Crippen LogP contribution in [0, 0.1) is 0 Å². The number of guanidine groups is 1. The highest BCUT2D eigenvalue weighted by Crippen LogP contribution is 2.12. The van der Waals surface area contributed by atoms with E-state index in [4.69, 9.17) is 4.52 Å². The molecule has 0 radical (unpaired) electrons. The summed E-state index contributed by atoms with van der Waals surface area (Å²) in [7, 11) is 0.502. The van der Waals surface area contributed by atoms with Crippen molar-refractivity contribution in [3.8, 4) is 0 Å². The molecule has 0 spiro atoms. The van der Waals surface area contributed by atoms with Crippen molar-refractivity contribution in [3.63, 3.8) is 0 Å². The van der Waals surface area contributed by atoms with Crippen LogP contribution >= 0.6 is 24.0 Å². The Morgan fingerprint density at radius 3 is 2.61 bits per heavy atom.